The number of fused-ring (bicyclic) bond motifs is 1. The van der Waals surface area contributed by atoms with E-state index in [4.69, 9.17) is 14.2 Å². The van der Waals surface area contributed by atoms with Gasteiger partial charge in [0.2, 0.25) is 0 Å². The van der Waals surface area contributed by atoms with E-state index in [1.165, 1.54) is 7.11 Å². The average molecular weight is 399 g/mol. The topological polar surface area (TPSA) is 100 Å². The molecule has 1 aliphatic rings. The van der Waals surface area contributed by atoms with Gasteiger partial charge < -0.3 is 24.3 Å². The highest BCUT2D eigenvalue weighted by molar-refractivity contribution is 5.89. The fourth-order valence-corrected chi connectivity index (χ4v) is 2.69. The molecule has 0 radical (unpaired) electrons. The van der Waals surface area contributed by atoms with Gasteiger partial charge in [0.25, 0.3) is 5.91 Å². The molecule has 8 nitrogen and oxygen atoms in total. The second-order valence-electron chi connectivity index (χ2n) is 6.28. The number of nitrogens with one attached hydrogen (secondary N) is 1. The lowest BCUT2D eigenvalue weighted by Crippen LogP contribution is -2.28. The van der Waals surface area contributed by atoms with E-state index in [2.05, 4.69) is 10.1 Å². The Morgan fingerprint density at radius 3 is 2.38 bits per heavy atom. The van der Waals surface area contributed by atoms with Crippen molar-refractivity contribution in [1.82, 2.24) is 5.32 Å². The number of carbonyl (C=O) groups is 3. The molecule has 0 saturated carbocycles. The van der Waals surface area contributed by atoms with Crippen molar-refractivity contribution in [2.45, 2.75) is 13.0 Å². The molecular weight excluding hydrogens is 378 g/mol. The first kappa shape index (κ1) is 20.2. The standard InChI is InChI=1S/C21H21NO7/c1-26-21(25)16-5-2-14(3-6-16)12-22-19(23)13-29-20(24)11-15-4-7-17-18(10-15)28-9-8-27-17/h2-7,10H,8-9,11-13H2,1H3,(H,22,23). The molecule has 152 valence electrons. The minimum atomic E-state index is -0.515. The lowest BCUT2D eigenvalue weighted by atomic mass is 10.1. The van der Waals surface area contributed by atoms with Gasteiger partial charge in [-0.3, -0.25) is 9.59 Å². The third-order valence-corrected chi connectivity index (χ3v) is 4.18. The first-order valence-electron chi connectivity index (χ1n) is 9.03. The molecule has 1 aliphatic heterocycles. The van der Waals surface area contributed by atoms with E-state index in [0.717, 1.165) is 5.56 Å². The zero-order valence-corrected chi connectivity index (χ0v) is 15.9. The van der Waals surface area contributed by atoms with Gasteiger partial charge in [0, 0.05) is 6.54 Å². The largest absolute Gasteiger partial charge is 0.486 e. The molecular formula is C21H21NO7. The maximum absolute atomic E-state index is 12.0. The molecule has 0 aromatic heterocycles. The van der Waals surface area contributed by atoms with E-state index >= 15 is 0 Å². The van der Waals surface area contributed by atoms with Crippen LogP contribution in [0.25, 0.3) is 0 Å². The van der Waals surface area contributed by atoms with Gasteiger partial charge in [-0.05, 0) is 35.4 Å². The molecule has 0 bridgehead atoms. The highest BCUT2D eigenvalue weighted by Gasteiger charge is 2.14. The number of benzene rings is 2. The van der Waals surface area contributed by atoms with E-state index in [1.807, 2.05) is 0 Å². The highest BCUT2D eigenvalue weighted by Crippen LogP contribution is 2.30. The first-order valence-corrected chi connectivity index (χ1v) is 9.03. The Kier molecular flexibility index (Phi) is 6.67. The summed E-state index contributed by atoms with van der Waals surface area (Å²) in [6, 6.07) is 11.9. The van der Waals surface area contributed by atoms with Gasteiger partial charge >= 0.3 is 11.9 Å². The van der Waals surface area contributed by atoms with Crippen LogP contribution in [0.4, 0.5) is 0 Å². The number of methoxy groups -OCH3 is 1. The summed E-state index contributed by atoms with van der Waals surface area (Å²) in [5.41, 5.74) is 1.94. The summed E-state index contributed by atoms with van der Waals surface area (Å²) in [6.45, 7) is 0.842. The Bertz CT molecular complexity index is 892. The van der Waals surface area contributed by atoms with Crippen molar-refractivity contribution >= 4 is 17.8 Å². The molecule has 0 atom stereocenters. The smallest absolute Gasteiger partial charge is 0.337 e. The lowest BCUT2D eigenvalue weighted by molar-refractivity contribution is -0.147. The quantitative estimate of drug-likeness (QED) is 0.707. The van der Waals surface area contributed by atoms with Gasteiger partial charge in [-0.15, -0.1) is 0 Å². The molecule has 0 spiro atoms. The predicted molar refractivity (Wildman–Crippen MR) is 102 cm³/mol. The van der Waals surface area contributed by atoms with Crippen LogP contribution in [0.15, 0.2) is 42.5 Å². The molecule has 1 amide bonds. The highest BCUT2D eigenvalue weighted by atomic mass is 16.6. The number of amides is 1. The minimum absolute atomic E-state index is 0.0267. The zero-order chi connectivity index (χ0) is 20.6. The summed E-state index contributed by atoms with van der Waals surface area (Å²) in [5.74, 6) is -0.118. The summed E-state index contributed by atoms with van der Waals surface area (Å²) in [7, 11) is 1.31. The Hall–Kier alpha value is -3.55. The van der Waals surface area contributed by atoms with Crippen LogP contribution in [-0.2, 0) is 32.0 Å². The minimum Gasteiger partial charge on any atom is -0.486 e. The van der Waals surface area contributed by atoms with E-state index in [0.29, 0.717) is 35.8 Å². The third kappa shape index (κ3) is 5.71. The summed E-state index contributed by atoms with van der Waals surface area (Å²) >= 11 is 0. The Labute approximate surface area is 167 Å². The van der Waals surface area contributed by atoms with Crippen LogP contribution < -0.4 is 14.8 Å². The molecule has 29 heavy (non-hydrogen) atoms. The normalized spacial score (nSPS) is 12.0. The van der Waals surface area contributed by atoms with Crippen LogP contribution in [0.3, 0.4) is 0 Å². The second kappa shape index (κ2) is 9.59. The Morgan fingerprint density at radius 2 is 1.66 bits per heavy atom. The van der Waals surface area contributed by atoms with Gasteiger partial charge in [-0.2, -0.15) is 0 Å². The maximum atomic E-state index is 12.0. The molecule has 1 N–H and O–H groups in total. The van der Waals surface area contributed by atoms with Crippen molar-refractivity contribution in [1.29, 1.82) is 0 Å². The SMILES string of the molecule is COC(=O)c1ccc(CNC(=O)COC(=O)Cc2ccc3c(c2)OCCO3)cc1. The molecule has 8 heteroatoms. The van der Waals surface area contributed by atoms with Crippen LogP contribution in [0.2, 0.25) is 0 Å². The Balaban J connectivity index is 1.41. The second-order valence-corrected chi connectivity index (χ2v) is 6.28. The van der Waals surface area contributed by atoms with Crippen molar-refractivity contribution < 1.29 is 33.3 Å². The fraction of sp³-hybridized carbons (Fsp3) is 0.286. The lowest BCUT2D eigenvalue weighted by Gasteiger charge is -2.18. The number of rotatable bonds is 7. The van der Waals surface area contributed by atoms with E-state index in [9.17, 15) is 14.4 Å². The summed E-state index contributed by atoms with van der Waals surface area (Å²) in [5, 5.41) is 2.65. The molecule has 2 aromatic carbocycles. The molecule has 3 rings (SSSR count). The van der Waals surface area contributed by atoms with Crippen molar-refractivity contribution in [2.75, 3.05) is 26.9 Å². The molecule has 2 aromatic rings. The molecule has 0 fully saturated rings. The van der Waals surface area contributed by atoms with Gasteiger partial charge in [0.15, 0.2) is 18.1 Å². The summed E-state index contributed by atoms with van der Waals surface area (Å²) < 4.78 is 20.6. The third-order valence-electron chi connectivity index (χ3n) is 4.18. The molecule has 0 saturated heterocycles. The van der Waals surface area contributed by atoms with E-state index < -0.39 is 17.8 Å². The van der Waals surface area contributed by atoms with Gasteiger partial charge in [-0.1, -0.05) is 18.2 Å². The number of hydrogen-bond donors (Lipinski definition) is 1. The fourth-order valence-electron chi connectivity index (χ4n) is 2.69. The Morgan fingerprint density at radius 1 is 0.966 bits per heavy atom. The van der Waals surface area contributed by atoms with Crippen LogP contribution >= 0.6 is 0 Å². The van der Waals surface area contributed by atoms with Crippen molar-refractivity contribution in [3.63, 3.8) is 0 Å². The van der Waals surface area contributed by atoms with Gasteiger partial charge in [0.05, 0.1) is 19.1 Å². The maximum Gasteiger partial charge on any atom is 0.337 e. The number of ether oxygens (including phenoxy) is 4. The molecule has 1 heterocycles. The molecule has 0 aliphatic carbocycles. The van der Waals surface area contributed by atoms with Gasteiger partial charge in [-0.25, -0.2) is 4.79 Å². The number of hydrogen-bond acceptors (Lipinski definition) is 7. The monoisotopic (exact) mass is 399 g/mol. The van der Waals surface area contributed by atoms with Crippen molar-refractivity contribution in [3.8, 4) is 11.5 Å². The zero-order valence-electron chi connectivity index (χ0n) is 15.9. The van der Waals surface area contributed by atoms with E-state index in [-0.39, 0.29) is 19.6 Å². The number of esters is 2. The summed E-state index contributed by atoms with van der Waals surface area (Å²) in [6.07, 6.45) is 0.0267. The van der Waals surface area contributed by atoms with Gasteiger partial charge in [0.1, 0.15) is 13.2 Å². The van der Waals surface area contributed by atoms with Crippen LogP contribution in [-0.4, -0.2) is 44.8 Å². The van der Waals surface area contributed by atoms with E-state index in [1.54, 1.807) is 42.5 Å². The van der Waals surface area contributed by atoms with Crippen LogP contribution in [0, 0.1) is 0 Å². The number of carbonyl (C=O) groups excluding carboxylic acids is 3. The average Bonchev–Trinajstić information content (AvgIpc) is 2.76. The first-order chi connectivity index (χ1) is 14.0. The van der Waals surface area contributed by atoms with Crippen LogP contribution in [0.5, 0.6) is 11.5 Å². The van der Waals surface area contributed by atoms with Crippen molar-refractivity contribution in [3.05, 3.63) is 59.2 Å². The van der Waals surface area contributed by atoms with Crippen molar-refractivity contribution in [2.24, 2.45) is 0 Å². The summed E-state index contributed by atoms with van der Waals surface area (Å²) in [4.78, 5) is 35.2. The molecule has 0 unspecified atom stereocenters. The predicted octanol–water partition coefficient (Wildman–Crippen LogP) is 1.65. The van der Waals surface area contributed by atoms with Crippen LogP contribution in [0.1, 0.15) is 21.5 Å².